The second kappa shape index (κ2) is 6.84. The van der Waals surface area contributed by atoms with Crippen LogP contribution in [-0.4, -0.2) is 41.9 Å². The smallest absolute Gasteiger partial charge is 0.252 e. The summed E-state index contributed by atoms with van der Waals surface area (Å²) in [5, 5.41) is 9.04. The molecule has 1 atom stereocenters. The van der Waals surface area contributed by atoms with Gasteiger partial charge < -0.3 is 4.74 Å². The highest BCUT2D eigenvalue weighted by molar-refractivity contribution is 7.91. The molecule has 7 nitrogen and oxygen atoms in total. The predicted molar refractivity (Wildman–Crippen MR) is 88.2 cm³/mol. The van der Waals surface area contributed by atoms with Gasteiger partial charge in [0, 0.05) is 23.8 Å². The van der Waals surface area contributed by atoms with Gasteiger partial charge >= 0.3 is 0 Å². The van der Waals surface area contributed by atoms with Crippen LogP contribution in [0.25, 0.3) is 0 Å². The Bertz CT molecular complexity index is 873. The maximum Gasteiger partial charge on any atom is 0.252 e. The van der Waals surface area contributed by atoms with E-state index < -0.39 is 10.0 Å². The van der Waals surface area contributed by atoms with Gasteiger partial charge in [0.25, 0.3) is 15.9 Å². The second-order valence-electron chi connectivity index (χ2n) is 5.43. The highest BCUT2D eigenvalue weighted by Gasteiger charge is 2.32. The van der Waals surface area contributed by atoms with Crippen LogP contribution >= 0.6 is 11.3 Å². The number of thiophene rings is 1. The third kappa shape index (κ3) is 3.40. The van der Waals surface area contributed by atoms with E-state index in [1.54, 1.807) is 12.1 Å². The fourth-order valence-electron chi connectivity index (χ4n) is 2.54. The Morgan fingerprint density at radius 3 is 2.88 bits per heavy atom. The summed E-state index contributed by atoms with van der Waals surface area (Å²) in [6.45, 7) is 2.58. The van der Waals surface area contributed by atoms with E-state index in [9.17, 15) is 8.42 Å². The minimum atomic E-state index is -3.51. The lowest BCUT2D eigenvalue weighted by molar-refractivity contribution is 0.124. The number of sulfonamides is 1. The minimum Gasteiger partial charge on any atom is -0.471 e. The van der Waals surface area contributed by atoms with Crippen molar-refractivity contribution >= 4 is 21.4 Å². The van der Waals surface area contributed by atoms with E-state index in [1.807, 2.05) is 13.0 Å². The molecule has 1 aliphatic rings. The Hall–Kier alpha value is -2.02. The summed E-state index contributed by atoms with van der Waals surface area (Å²) in [7, 11) is -3.51. The maximum atomic E-state index is 12.7. The molecule has 0 spiro atoms. The van der Waals surface area contributed by atoms with Crippen molar-refractivity contribution in [2.75, 3.05) is 13.1 Å². The van der Waals surface area contributed by atoms with Gasteiger partial charge in [-0.05, 0) is 31.9 Å². The van der Waals surface area contributed by atoms with Gasteiger partial charge in [-0.25, -0.2) is 18.4 Å². The van der Waals surface area contributed by atoms with Gasteiger partial charge in [-0.3, -0.25) is 0 Å². The molecule has 0 aliphatic carbocycles. The number of nitrogens with zero attached hydrogens (tertiary/aromatic N) is 4. The average Bonchev–Trinajstić information content (AvgIpc) is 3.03. The quantitative estimate of drug-likeness (QED) is 0.823. The second-order valence-corrected chi connectivity index (χ2v) is 8.88. The standard InChI is InChI=1S/C15H16N4O3S2/c1-11-4-5-14(23-11)24(20,21)19-8-2-3-12(10-19)22-15-13(9-16)17-6-7-18-15/h4-7,12H,2-3,8,10H2,1H3. The van der Waals surface area contributed by atoms with Crippen molar-refractivity contribution in [2.24, 2.45) is 0 Å². The fourth-order valence-corrected chi connectivity index (χ4v) is 5.49. The number of ether oxygens (including phenoxy) is 1. The van der Waals surface area contributed by atoms with Crippen LogP contribution in [-0.2, 0) is 10.0 Å². The molecule has 1 fully saturated rings. The number of nitriles is 1. The highest BCUT2D eigenvalue weighted by atomic mass is 32.2. The molecule has 0 bridgehead atoms. The Kier molecular flexibility index (Phi) is 4.80. The van der Waals surface area contributed by atoms with Crippen molar-refractivity contribution in [1.29, 1.82) is 5.26 Å². The van der Waals surface area contributed by atoms with Crippen LogP contribution in [0.1, 0.15) is 23.4 Å². The lowest BCUT2D eigenvalue weighted by Gasteiger charge is -2.31. The van der Waals surface area contributed by atoms with E-state index in [4.69, 9.17) is 10.00 Å². The molecule has 9 heteroatoms. The third-order valence-electron chi connectivity index (χ3n) is 3.70. The van der Waals surface area contributed by atoms with Crippen LogP contribution < -0.4 is 4.74 Å². The zero-order chi connectivity index (χ0) is 17.2. The van der Waals surface area contributed by atoms with Gasteiger partial charge in [-0.1, -0.05) is 0 Å². The topological polar surface area (TPSA) is 96.2 Å². The lowest BCUT2D eigenvalue weighted by Crippen LogP contribution is -2.44. The van der Waals surface area contributed by atoms with E-state index in [1.165, 1.54) is 28.0 Å². The lowest BCUT2D eigenvalue weighted by atomic mass is 10.1. The van der Waals surface area contributed by atoms with Gasteiger partial charge in [0.05, 0.1) is 6.54 Å². The zero-order valence-electron chi connectivity index (χ0n) is 13.0. The molecule has 0 amide bonds. The number of hydrogen-bond donors (Lipinski definition) is 0. The van der Waals surface area contributed by atoms with Crippen molar-refractivity contribution in [3.05, 3.63) is 35.1 Å². The van der Waals surface area contributed by atoms with Crippen LogP contribution in [0.5, 0.6) is 5.88 Å². The first-order valence-electron chi connectivity index (χ1n) is 7.45. The van der Waals surface area contributed by atoms with Crippen LogP contribution in [0.15, 0.2) is 28.7 Å². The van der Waals surface area contributed by atoms with Crippen molar-refractivity contribution < 1.29 is 13.2 Å². The molecule has 0 saturated carbocycles. The monoisotopic (exact) mass is 364 g/mol. The summed E-state index contributed by atoms with van der Waals surface area (Å²) in [6.07, 6.45) is 3.91. The van der Waals surface area contributed by atoms with Gasteiger partial charge in [-0.15, -0.1) is 11.3 Å². The Labute approximate surface area is 144 Å². The van der Waals surface area contributed by atoms with Crippen LogP contribution in [0.3, 0.4) is 0 Å². The molecule has 0 radical (unpaired) electrons. The van der Waals surface area contributed by atoms with Crippen LogP contribution in [0.4, 0.5) is 0 Å². The van der Waals surface area contributed by atoms with Crippen molar-refractivity contribution in [2.45, 2.75) is 30.1 Å². The SMILES string of the molecule is Cc1ccc(S(=O)(=O)N2CCCC(Oc3nccnc3C#N)C2)s1. The van der Waals surface area contributed by atoms with Crippen LogP contribution in [0.2, 0.25) is 0 Å². The van der Waals surface area contributed by atoms with Gasteiger partial charge in [-0.2, -0.15) is 9.57 Å². The van der Waals surface area contributed by atoms with E-state index in [0.29, 0.717) is 23.6 Å². The Balaban J connectivity index is 1.76. The molecule has 2 aromatic heterocycles. The molecule has 0 aromatic carbocycles. The highest BCUT2D eigenvalue weighted by Crippen LogP contribution is 2.27. The summed E-state index contributed by atoms with van der Waals surface area (Å²) in [5.74, 6) is 0.149. The summed E-state index contributed by atoms with van der Waals surface area (Å²) in [6, 6.07) is 5.36. The molecule has 126 valence electrons. The number of piperidine rings is 1. The van der Waals surface area contributed by atoms with E-state index >= 15 is 0 Å². The zero-order valence-corrected chi connectivity index (χ0v) is 14.7. The number of aryl methyl sites for hydroxylation is 1. The number of rotatable bonds is 4. The first-order valence-corrected chi connectivity index (χ1v) is 9.70. The fraction of sp³-hybridized carbons (Fsp3) is 0.400. The molecular weight excluding hydrogens is 348 g/mol. The maximum absolute atomic E-state index is 12.7. The summed E-state index contributed by atoms with van der Waals surface area (Å²) >= 11 is 1.26. The van der Waals surface area contributed by atoms with E-state index in [-0.39, 0.29) is 24.2 Å². The van der Waals surface area contributed by atoms with Crippen LogP contribution in [0, 0.1) is 18.3 Å². The summed E-state index contributed by atoms with van der Waals surface area (Å²) < 4.78 is 33.0. The molecule has 1 aliphatic heterocycles. The molecule has 1 saturated heterocycles. The molecular formula is C15H16N4O3S2. The van der Waals surface area contributed by atoms with E-state index in [0.717, 1.165) is 4.88 Å². The normalized spacial score (nSPS) is 18.9. The average molecular weight is 364 g/mol. The first kappa shape index (κ1) is 16.8. The molecule has 0 N–H and O–H groups in total. The molecule has 3 rings (SSSR count). The number of aromatic nitrogens is 2. The van der Waals surface area contributed by atoms with Crippen molar-refractivity contribution in [1.82, 2.24) is 14.3 Å². The van der Waals surface area contributed by atoms with Crippen molar-refractivity contribution in [3.8, 4) is 11.9 Å². The van der Waals surface area contributed by atoms with Gasteiger partial charge in [0.15, 0.2) is 0 Å². The molecule has 24 heavy (non-hydrogen) atoms. The Morgan fingerprint density at radius 1 is 1.38 bits per heavy atom. The summed E-state index contributed by atoms with van der Waals surface area (Å²) in [4.78, 5) is 8.88. The summed E-state index contributed by atoms with van der Waals surface area (Å²) in [5.41, 5.74) is 0.103. The van der Waals surface area contributed by atoms with Gasteiger partial charge in [0.2, 0.25) is 5.69 Å². The number of hydrogen-bond acceptors (Lipinski definition) is 7. The predicted octanol–water partition coefficient (Wildman–Crippen LogP) is 1.95. The van der Waals surface area contributed by atoms with Gasteiger partial charge in [0.1, 0.15) is 16.4 Å². The minimum absolute atomic E-state index is 0.103. The van der Waals surface area contributed by atoms with Crippen molar-refractivity contribution in [3.63, 3.8) is 0 Å². The molecule has 3 heterocycles. The van der Waals surface area contributed by atoms with E-state index in [2.05, 4.69) is 9.97 Å². The third-order valence-corrected chi connectivity index (χ3v) is 7.03. The first-order chi connectivity index (χ1) is 11.5. The molecule has 2 aromatic rings. The molecule has 1 unspecified atom stereocenters. The Morgan fingerprint density at radius 2 is 2.17 bits per heavy atom. The largest absolute Gasteiger partial charge is 0.471 e.